The fraction of sp³-hybridized carbons (Fsp3) is 0.417. The first-order valence-corrected chi connectivity index (χ1v) is 10.2. The van der Waals surface area contributed by atoms with Crippen molar-refractivity contribution in [1.82, 2.24) is 0 Å². The van der Waals surface area contributed by atoms with E-state index in [1.807, 2.05) is 0 Å². The van der Waals surface area contributed by atoms with Crippen LogP contribution in [-0.4, -0.2) is 17.7 Å². The van der Waals surface area contributed by atoms with Crippen molar-refractivity contribution in [3.8, 4) is 22.9 Å². The third kappa shape index (κ3) is 6.05. The van der Waals surface area contributed by atoms with Crippen LogP contribution in [0.4, 0.5) is 4.39 Å². The van der Waals surface area contributed by atoms with E-state index in [4.69, 9.17) is 9.84 Å². The maximum Gasteiger partial charge on any atom is 0.335 e. The van der Waals surface area contributed by atoms with E-state index in [1.54, 1.807) is 31.2 Å². The summed E-state index contributed by atoms with van der Waals surface area (Å²) in [6.07, 6.45) is 6.72. The zero-order chi connectivity index (χ0) is 21.2. The number of hydrogen-bond donors (Lipinski definition) is 1. The summed E-state index contributed by atoms with van der Waals surface area (Å²) in [6, 6.07) is 11.6. The van der Waals surface area contributed by atoms with Crippen molar-refractivity contribution in [2.45, 2.75) is 58.3 Å². The largest absolute Gasteiger partial charge is 0.491 e. The highest BCUT2D eigenvalue weighted by molar-refractivity contribution is 5.88. The second-order valence-corrected chi connectivity index (χ2v) is 7.19. The average Bonchev–Trinajstić information content (AvgIpc) is 2.73. The molecule has 0 aliphatic heterocycles. The van der Waals surface area contributed by atoms with Gasteiger partial charge in [-0.25, -0.2) is 9.18 Å². The van der Waals surface area contributed by atoms with Crippen LogP contribution in [0.25, 0.3) is 11.1 Å². The second-order valence-electron chi connectivity index (χ2n) is 7.19. The second kappa shape index (κ2) is 11.2. The lowest BCUT2D eigenvalue weighted by Gasteiger charge is -2.16. The smallest absolute Gasteiger partial charge is 0.335 e. The molecule has 0 aliphatic rings. The lowest BCUT2D eigenvalue weighted by Crippen LogP contribution is -2.05. The molecule has 2 rings (SSSR count). The number of hydrogen-bond acceptors (Lipinski definition) is 3. The number of benzene rings is 2. The summed E-state index contributed by atoms with van der Waals surface area (Å²) in [5.74, 6) is -2.06. The summed E-state index contributed by atoms with van der Waals surface area (Å²) in [5, 5.41) is 18.4. The maximum atomic E-state index is 15.2. The van der Waals surface area contributed by atoms with E-state index >= 15 is 4.39 Å². The molecule has 2 aromatic rings. The van der Waals surface area contributed by atoms with Gasteiger partial charge in [0.2, 0.25) is 0 Å². The SMILES string of the molecule is CCCCCCCCOc1ccc(-c2ccc(C(=O)O)cc2)c(C(C)C#N)c1F. The average molecular weight is 397 g/mol. The Kier molecular flexibility index (Phi) is 8.67. The zero-order valence-corrected chi connectivity index (χ0v) is 17.1. The van der Waals surface area contributed by atoms with Crippen LogP contribution < -0.4 is 4.74 Å². The number of rotatable bonds is 11. The lowest BCUT2D eigenvalue weighted by atomic mass is 9.91. The van der Waals surface area contributed by atoms with Gasteiger partial charge in [0.25, 0.3) is 0 Å². The number of halogens is 1. The molecule has 1 N–H and O–H groups in total. The molecule has 0 amide bonds. The van der Waals surface area contributed by atoms with Gasteiger partial charge in [0, 0.05) is 5.56 Å². The molecule has 4 nitrogen and oxygen atoms in total. The molecule has 0 aromatic heterocycles. The van der Waals surface area contributed by atoms with Crippen LogP contribution in [0.5, 0.6) is 5.75 Å². The molecule has 0 heterocycles. The van der Waals surface area contributed by atoms with Crippen LogP contribution in [0.2, 0.25) is 0 Å². The summed E-state index contributed by atoms with van der Waals surface area (Å²) in [4.78, 5) is 11.0. The van der Waals surface area contributed by atoms with Gasteiger partial charge >= 0.3 is 5.97 Å². The minimum Gasteiger partial charge on any atom is -0.491 e. The highest BCUT2D eigenvalue weighted by atomic mass is 19.1. The van der Waals surface area contributed by atoms with Crippen molar-refractivity contribution in [1.29, 1.82) is 5.26 Å². The normalized spacial score (nSPS) is 11.7. The number of carbonyl (C=O) groups is 1. The van der Waals surface area contributed by atoms with E-state index in [2.05, 4.69) is 13.0 Å². The van der Waals surface area contributed by atoms with E-state index in [0.717, 1.165) is 19.3 Å². The van der Waals surface area contributed by atoms with Crippen molar-refractivity contribution in [2.24, 2.45) is 0 Å². The van der Waals surface area contributed by atoms with Gasteiger partial charge in [-0.05, 0) is 42.7 Å². The summed E-state index contributed by atoms with van der Waals surface area (Å²) in [7, 11) is 0. The molecule has 154 valence electrons. The van der Waals surface area contributed by atoms with Gasteiger partial charge in [0.1, 0.15) is 0 Å². The Morgan fingerprint density at radius 1 is 1.10 bits per heavy atom. The number of unbranched alkanes of at least 4 members (excludes halogenated alkanes) is 5. The van der Waals surface area contributed by atoms with E-state index in [0.29, 0.717) is 17.7 Å². The summed E-state index contributed by atoms with van der Waals surface area (Å²) < 4.78 is 20.8. The van der Waals surface area contributed by atoms with Crippen LogP contribution >= 0.6 is 0 Å². The Bertz CT molecular complexity index is 856. The molecule has 0 saturated heterocycles. The third-order valence-corrected chi connectivity index (χ3v) is 4.97. The molecule has 29 heavy (non-hydrogen) atoms. The first-order valence-electron chi connectivity index (χ1n) is 10.2. The number of ether oxygens (including phenoxy) is 1. The predicted octanol–water partition coefficient (Wildman–Crippen LogP) is 6.56. The van der Waals surface area contributed by atoms with Gasteiger partial charge in [0.05, 0.1) is 24.2 Å². The zero-order valence-electron chi connectivity index (χ0n) is 17.1. The highest BCUT2D eigenvalue weighted by Gasteiger charge is 2.21. The van der Waals surface area contributed by atoms with Gasteiger partial charge in [0.15, 0.2) is 11.6 Å². The fourth-order valence-electron chi connectivity index (χ4n) is 3.28. The van der Waals surface area contributed by atoms with Crippen molar-refractivity contribution >= 4 is 5.97 Å². The number of nitrogens with zero attached hydrogens (tertiary/aromatic N) is 1. The molecule has 2 aromatic carbocycles. The molecule has 0 saturated carbocycles. The van der Waals surface area contributed by atoms with Crippen molar-refractivity contribution in [2.75, 3.05) is 6.61 Å². The Hall–Kier alpha value is -2.87. The van der Waals surface area contributed by atoms with Gasteiger partial charge < -0.3 is 9.84 Å². The van der Waals surface area contributed by atoms with Crippen LogP contribution in [-0.2, 0) is 0 Å². The van der Waals surface area contributed by atoms with Crippen molar-refractivity contribution in [3.63, 3.8) is 0 Å². The molecule has 0 radical (unpaired) electrons. The maximum absolute atomic E-state index is 15.2. The van der Waals surface area contributed by atoms with E-state index in [1.165, 1.54) is 31.4 Å². The highest BCUT2D eigenvalue weighted by Crippen LogP contribution is 2.36. The summed E-state index contributed by atoms with van der Waals surface area (Å²) in [5.41, 5.74) is 1.66. The van der Waals surface area contributed by atoms with E-state index in [-0.39, 0.29) is 16.9 Å². The predicted molar refractivity (Wildman–Crippen MR) is 112 cm³/mol. The van der Waals surface area contributed by atoms with Gasteiger partial charge in [-0.15, -0.1) is 0 Å². The standard InChI is InChI=1S/C24H28FNO3/c1-3-4-5-6-7-8-15-29-21-14-13-20(22(23(21)25)17(2)16-26)18-9-11-19(12-10-18)24(27)28/h9-14,17H,3-8,15H2,1-2H3,(H,27,28). The molecular weight excluding hydrogens is 369 g/mol. The molecule has 1 atom stereocenters. The topological polar surface area (TPSA) is 70.3 Å². The number of carboxylic acid groups (broad SMARTS) is 1. The Balaban J connectivity index is 2.18. The first kappa shape index (κ1) is 22.4. The minimum atomic E-state index is -1.02. The first-order chi connectivity index (χ1) is 14.0. The summed E-state index contributed by atoms with van der Waals surface area (Å²) >= 11 is 0. The third-order valence-electron chi connectivity index (χ3n) is 4.97. The van der Waals surface area contributed by atoms with Crippen LogP contribution in [0.1, 0.15) is 74.2 Å². The molecule has 5 heteroatoms. The quantitative estimate of drug-likeness (QED) is 0.436. The summed E-state index contributed by atoms with van der Waals surface area (Å²) in [6.45, 7) is 4.26. The van der Waals surface area contributed by atoms with Crippen LogP contribution in [0.3, 0.4) is 0 Å². The van der Waals surface area contributed by atoms with Gasteiger partial charge in [-0.2, -0.15) is 5.26 Å². The Labute approximate surface area is 171 Å². The fourth-order valence-corrected chi connectivity index (χ4v) is 3.28. The molecular formula is C24H28FNO3. The lowest BCUT2D eigenvalue weighted by molar-refractivity contribution is 0.0697. The van der Waals surface area contributed by atoms with E-state index in [9.17, 15) is 10.1 Å². The van der Waals surface area contributed by atoms with Crippen LogP contribution in [0, 0.1) is 17.1 Å². The Morgan fingerprint density at radius 3 is 2.38 bits per heavy atom. The molecule has 1 unspecified atom stereocenters. The van der Waals surface area contributed by atoms with Gasteiger partial charge in [-0.1, -0.05) is 57.2 Å². The monoisotopic (exact) mass is 397 g/mol. The number of nitriles is 1. The molecule has 0 spiro atoms. The number of carboxylic acids is 1. The van der Waals surface area contributed by atoms with Gasteiger partial charge in [-0.3, -0.25) is 0 Å². The van der Waals surface area contributed by atoms with Crippen molar-refractivity contribution < 1.29 is 19.0 Å². The Morgan fingerprint density at radius 2 is 1.76 bits per heavy atom. The molecule has 0 fully saturated rings. The minimum absolute atomic E-state index is 0.154. The molecule has 0 aliphatic carbocycles. The van der Waals surface area contributed by atoms with E-state index < -0.39 is 17.7 Å². The van der Waals surface area contributed by atoms with Crippen molar-refractivity contribution in [3.05, 3.63) is 53.3 Å². The number of aromatic carboxylic acids is 1. The molecule has 0 bridgehead atoms. The van der Waals surface area contributed by atoms with Crippen LogP contribution in [0.15, 0.2) is 36.4 Å².